The van der Waals surface area contributed by atoms with E-state index in [1.165, 1.54) is 23.3 Å². The standard InChI is InChI=1S/C21H26FN/c1-12-10-20(17-6-8-18(22)9-7-17)23-11-19(12)21-15(4)13(2)14(3)16(21)5/h6-11,13-16,21H,1-5H3. The molecule has 2 aromatic rings. The third-order valence-electron chi connectivity index (χ3n) is 6.27. The van der Waals surface area contributed by atoms with Crippen LogP contribution in [0.3, 0.4) is 0 Å². The van der Waals surface area contributed by atoms with Crippen LogP contribution in [-0.4, -0.2) is 4.98 Å². The van der Waals surface area contributed by atoms with Gasteiger partial charge >= 0.3 is 0 Å². The molecular formula is C21H26FN. The molecule has 122 valence electrons. The van der Waals surface area contributed by atoms with Crippen molar-refractivity contribution < 1.29 is 4.39 Å². The Labute approximate surface area is 139 Å². The van der Waals surface area contributed by atoms with Gasteiger partial charge in [-0.05, 0) is 78.0 Å². The van der Waals surface area contributed by atoms with Crippen LogP contribution in [-0.2, 0) is 0 Å². The summed E-state index contributed by atoms with van der Waals surface area (Å²) in [6, 6.07) is 8.72. The van der Waals surface area contributed by atoms with Gasteiger partial charge in [-0.25, -0.2) is 4.39 Å². The Morgan fingerprint density at radius 2 is 1.43 bits per heavy atom. The lowest BCUT2D eigenvalue weighted by atomic mass is 9.82. The first-order chi connectivity index (χ1) is 10.9. The van der Waals surface area contributed by atoms with Gasteiger partial charge in [0.25, 0.3) is 0 Å². The molecule has 0 aliphatic heterocycles. The Hall–Kier alpha value is -1.70. The van der Waals surface area contributed by atoms with Crippen LogP contribution in [0.15, 0.2) is 36.5 Å². The highest BCUT2D eigenvalue weighted by Crippen LogP contribution is 2.51. The summed E-state index contributed by atoms with van der Waals surface area (Å²) < 4.78 is 13.1. The van der Waals surface area contributed by atoms with Crippen molar-refractivity contribution >= 4 is 0 Å². The van der Waals surface area contributed by atoms with E-state index in [1.807, 2.05) is 0 Å². The third kappa shape index (κ3) is 2.80. The smallest absolute Gasteiger partial charge is 0.123 e. The number of benzene rings is 1. The van der Waals surface area contributed by atoms with Crippen LogP contribution in [0.2, 0.25) is 0 Å². The Kier molecular flexibility index (Phi) is 4.27. The number of rotatable bonds is 2. The summed E-state index contributed by atoms with van der Waals surface area (Å²) in [6.07, 6.45) is 2.05. The van der Waals surface area contributed by atoms with E-state index >= 15 is 0 Å². The van der Waals surface area contributed by atoms with Crippen LogP contribution in [0, 0.1) is 36.4 Å². The molecule has 1 saturated carbocycles. The largest absolute Gasteiger partial charge is 0.256 e. The van der Waals surface area contributed by atoms with E-state index in [-0.39, 0.29) is 5.82 Å². The summed E-state index contributed by atoms with van der Waals surface area (Å²) in [5, 5.41) is 0. The lowest BCUT2D eigenvalue weighted by Crippen LogP contribution is -2.13. The minimum absolute atomic E-state index is 0.210. The van der Waals surface area contributed by atoms with Crippen LogP contribution in [0.25, 0.3) is 11.3 Å². The normalized spacial score (nSPS) is 30.6. The van der Waals surface area contributed by atoms with E-state index in [4.69, 9.17) is 0 Å². The van der Waals surface area contributed by atoms with Crippen molar-refractivity contribution in [3.63, 3.8) is 0 Å². The fraction of sp³-hybridized carbons (Fsp3) is 0.476. The molecule has 1 aromatic heterocycles. The van der Waals surface area contributed by atoms with Crippen LogP contribution in [0.5, 0.6) is 0 Å². The third-order valence-corrected chi connectivity index (χ3v) is 6.27. The van der Waals surface area contributed by atoms with Crippen molar-refractivity contribution in [3.05, 3.63) is 53.5 Å². The molecule has 1 aromatic carbocycles. The lowest BCUT2D eigenvalue weighted by Gasteiger charge is -2.24. The maximum absolute atomic E-state index is 13.1. The van der Waals surface area contributed by atoms with Gasteiger partial charge in [-0.3, -0.25) is 4.98 Å². The van der Waals surface area contributed by atoms with E-state index in [2.05, 4.69) is 51.9 Å². The summed E-state index contributed by atoms with van der Waals surface area (Å²) >= 11 is 0. The summed E-state index contributed by atoms with van der Waals surface area (Å²) in [7, 11) is 0. The van der Waals surface area contributed by atoms with E-state index in [0.29, 0.717) is 17.8 Å². The molecule has 1 aliphatic carbocycles. The number of aromatic nitrogens is 1. The average molecular weight is 311 g/mol. The Morgan fingerprint density at radius 3 is 1.96 bits per heavy atom. The van der Waals surface area contributed by atoms with Gasteiger partial charge in [-0.15, -0.1) is 0 Å². The Morgan fingerprint density at radius 1 is 0.870 bits per heavy atom. The first kappa shape index (κ1) is 16.2. The topological polar surface area (TPSA) is 12.9 Å². The van der Waals surface area contributed by atoms with E-state index in [9.17, 15) is 4.39 Å². The predicted molar refractivity (Wildman–Crippen MR) is 93.8 cm³/mol. The first-order valence-corrected chi connectivity index (χ1v) is 8.62. The molecular weight excluding hydrogens is 285 g/mol. The second-order valence-corrected chi connectivity index (χ2v) is 7.40. The minimum Gasteiger partial charge on any atom is -0.256 e. The highest BCUT2D eigenvalue weighted by Gasteiger charge is 2.42. The second-order valence-electron chi connectivity index (χ2n) is 7.40. The minimum atomic E-state index is -0.210. The number of hydrogen-bond donors (Lipinski definition) is 0. The molecule has 23 heavy (non-hydrogen) atoms. The quantitative estimate of drug-likeness (QED) is 0.679. The molecule has 4 atom stereocenters. The van der Waals surface area contributed by atoms with Crippen LogP contribution in [0.1, 0.15) is 44.7 Å². The van der Waals surface area contributed by atoms with Gasteiger partial charge in [0.2, 0.25) is 0 Å². The number of hydrogen-bond acceptors (Lipinski definition) is 1. The maximum Gasteiger partial charge on any atom is 0.123 e. The molecule has 0 bridgehead atoms. The monoisotopic (exact) mass is 311 g/mol. The molecule has 1 nitrogen and oxygen atoms in total. The van der Waals surface area contributed by atoms with Crippen LogP contribution >= 0.6 is 0 Å². The van der Waals surface area contributed by atoms with E-state index < -0.39 is 0 Å². The Bertz CT molecular complexity index is 677. The lowest BCUT2D eigenvalue weighted by molar-refractivity contribution is 0.352. The molecule has 1 heterocycles. The fourth-order valence-electron chi connectivity index (χ4n) is 4.35. The van der Waals surface area contributed by atoms with Crippen LogP contribution in [0.4, 0.5) is 4.39 Å². The van der Waals surface area contributed by atoms with Gasteiger partial charge in [0.05, 0.1) is 5.69 Å². The average Bonchev–Trinajstić information content (AvgIpc) is 2.72. The van der Waals surface area contributed by atoms with Gasteiger partial charge in [0, 0.05) is 11.8 Å². The molecule has 2 heteroatoms. The molecule has 0 saturated heterocycles. The summed E-state index contributed by atoms with van der Waals surface area (Å²) in [6.45, 7) is 11.7. The summed E-state index contributed by atoms with van der Waals surface area (Å²) in [4.78, 5) is 4.68. The highest BCUT2D eigenvalue weighted by molar-refractivity contribution is 5.60. The fourth-order valence-corrected chi connectivity index (χ4v) is 4.35. The molecule has 4 unspecified atom stereocenters. The van der Waals surface area contributed by atoms with Crippen LogP contribution < -0.4 is 0 Å². The van der Waals surface area contributed by atoms with Crippen molar-refractivity contribution in [3.8, 4) is 11.3 Å². The van der Waals surface area contributed by atoms with Crippen molar-refractivity contribution in [1.82, 2.24) is 4.98 Å². The summed E-state index contributed by atoms with van der Waals surface area (Å²) in [5.74, 6) is 3.21. The molecule has 0 N–H and O–H groups in total. The summed E-state index contributed by atoms with van der Waals surface area (Å²) in [5.41, 5.74) is 4.57. The van der Waals surface area contributed by atoms with Gasteiger partial charge < -0.3 is 0 Å². The zero-order valence-electron chi connectivity index (χ0n) is 14.7. The van der Waals surface area contributed by atoms with Gasteiger partial charge in [0.15, 0.2) is 0 Å². The van der Waals surface area contributed by atoms with Crippen molar-refractivity contribution in [2.45, 2.75) is 40.5 Å². The first-order valence-electron chi connectivity index (χ1n) is 8.62. The zero-order valence-corrected chi connectivity index (χ0v) is 14.7. The van der Waals surface area contributed by atoms with Crippen molar-refractivity contribution in [2.24, 2.45) is 23.7 Å². The molecule has 1 aliphatic rings. The van der Waals surface area contributed by atoms with Gasteiger partial charge in [-0.2, -0.15) is 0 Å². The molecule has 3 rings (SSSR count). The molecule has 0 radical (unpaired) electrons. The number of pyridine rings is 1. The SMILES string of the molecule is Cc1cc(-c2ccc(F)cc2)ncc1C1C(C)C(C)C(C)C1C. The van der Waals surface area contributed by atoms with Crippen molar-refractivity contribution in [1.29, 1.82) is 0 Å². The maximum atomic E-state index is 13.1. The number of aryl methyl sites for hydroxylation is 1. The predicted octanol–water partition coefficient (Wildman–Crippen LogP) is 5.84. The highest BCUT2D eigenvalue weighted by atomic mass is 19.1. The van der Waals surface area contributed by atoms with Gasteiger partial charge in [-0.1, -0.05) is 27.7 Å². The van der Waals surface area contributed by atoms with E-state index in [0.717, 1.165) is 23.1 Å². The number of halogens is 1. The number of nitrogens with zero attached hydrogens (tertiary/aromatic N) is 1. The van der Waals surface area contributed by atoms with Crippen molar-refractivity contribution in [2.75, 3.05) is 0 Å². The molecule has 0 spiro atoms. The Balaban J connectivity index is 1.95. The van der Waals surface area contributed by atoms with Gasteiger partial charge in [0.1, 0.15) is 5.82 Å². The molecule has 0 amide bonds. The van der Waals surface area contributed by atoms with E-state index in [1.54, 1.807) is 12.1 Å². The molecule has 1 fully saturated rings. The second kappa shape index (κ2) is 6.07. The zero-order chi connectivity index (χ0) is 16.7.